The number of nitrogens with two attached hydrogens (primary N) is 1. The molecule has 0 bridgehead atoms. The molecule has 0 radical (unpaired) electrons. The molecule has 0 amide bonds. The summed E-state index contributed by atoms with van der Waals surface area (Å²) in [6.07, 6.45) is 9.19. The molecule has 0 aliphatic rings. The van der Waals surface area contributed by atoms with Crippen LogP contribution in [0.25, 0.3) is 0 Å². The van der Waals surface area contributed by atoms with Gasteiger partial charge in [-0.25, -0.2) is 0 Å². The van der Waals surface area contributed by atoms with E-state index in [-0.39, 0.29) is 17.9 Å². The predicted octanol–water partition coefficient (Wildman–Crippen LogP) is 7.42. The van der Waals surface area contributed by atoms with E-state index in [1.807, 2.05) is 0 Å². The second kappa shape index (κ2) is 13.3. The summed E-state index contributed by atoms with van der Waals surface area (Å²) in [6.45, 7) is 2.28. The van der Waals surface area contributed by atoms with Crippen molar-refractivity contribution in [2.24, 2.45) is 11.7 Å². The summed E-state index contributed by atoms with van der Waals surface area (Å²) in [5.74, 6) is 0.442. The van der Waals surface area contributed by atoms with E-state index in [1.165, 1.54) is 48.8 Å². The molecule has 2 heteroatoms. The minimum atomic E-state index is -0.273. The van der Waals surface area contributed by atoms with E-state index < -0.39 is 0 Å². The Morgan fingerprint density at radius 1 is 0.645 bits per heavy atom. The molecular formula is C29H38ClN. The number of hydrogen-bond acceptors (Lipinski definition) is 1. The molecule has 2 N–H and O–H groups in total. The highest BCUT2D eigenvalue weighted by atomic mass is 35.5. The molecule has 0 aromatic heterocycles. The van der Waals surface area contributed by atoms with Crippen molar-refractivity contribution in [2.45, 2.75) is 63.8 Å². The minimum Gasteiger partial charge on any atom is -0.324 e. The molecule has 0 aliphatic heterocycles. The maximum absolute atomic E-state index is 7.37. The molecule has 166 valence electrons. The van der Waals surface area contributed by atoms with Crippen LogP contribution in [0.2, 0.25) is 0 Å². The van der Waals surface area contributed by atoms with Gasteiger partial charge in [-0.05, 0) is 48.3 Å². The number of unbranched alkanes of at least 4 members (excludes halogenated alkanes) is 3. The Balaban J connectivity index is 0.00000341. The quantitative estimate of drug-likeness (QED) is 0.294. The highest BCUT2D eigenvalue weighted by Crippen LogP contribution is 2.32. The molecule has 1 nitrogen and oxygen atoms in total. The first-order valence-corrected chi connectivity index (χ1v) is 11.6. The van der Waals surface area contributed by atoms with Crippen molar-refractivity contribution in [2.75, 3.05) is 0 Å². The molecule has 3 aromatic rings. The zero-order valence-corrected chi connectivity index (χ0v) is 19.7. The summed E-state index contributed by atoms with van der Waals surface area (Å²) in [6, 6.07) is 32.5. The normalized spacial score (nSPS) is 12.2. The van der Waals surface area contributed by atoms with Crippen molar-refractivity contribution in [3.63, 3.8) is 0 Å². The van der Waals surface area contributed by atoms with Crippen molar-refractivity contribution in [1.82, 2.24) is 0 Å². The van der Waals surface area contributed by atoms with Gasteiger partial charge >= 0.3 is 0 Å². The molecule has 0 spiro atoms. The maximum atomic E-state index is 7.37. The van der Waals surface area contributed by atoms with Gasteiger partial charge in [0.25, 0.3) is 0 Å². The van der Waals surface area contributed by atoms with Crippen LogP contribution in [0.4, 0.5) is 0 Å². The summed E-state index contributed by atoms with van der Waals surface area (Å²) in [7, 11) is 0. The lowest BCUT2D eigenvalue weighted by Gasteiger charge is -2.39. The highest BCUT2D eigenvalue weighted by Gasteiger charge is 2.35. The summed E-state index contributed by atoms with van der Waals surface area (Å²) >= 11 is 0. The largest absolute Gasteiger partial charge is 0.324 e. The van der Waals surface area contributed by atoms with Crippen LogP contribution in [0.5, 0.6) is 0 Å². The minimum absolute atomic E-state index is 0. The third-order valence-corrected chi connectivity index (χ3v) is 6.30. The van der Waals surface area contributed by atoms with Crippen molar-refractivity contribution >= 4 is 12.4 Å². The average molecular weight is 436 g/mol. The zero-order chi connectivity index (χ0) is 21.1. The fraction of sp³-hybridized carbons (Fsp3) is 0.379. The average Bonchev–Trinajstić information content (AvgIpc) is 2.78. The number of rotatable bonds is 12. The Labute approximate surface area is 195 Å². The zero-order valence-electron chi connectivity index (χ0n) is 18.9. The maximum Gasteiger partial charge on any atom is 0.0267 e. The van der Waals surface area contributed by atoms with E-state index >= 15 is 0 Å². The summed E-state index contributed by atoms with van der Waals surface area (Å²) in [5.41, 5.74) is 11.2. The van der Waals surface area contributed by atoms with Gasteiger partial charge in [0.2, 0.25) is 0 Å². The van der Waals surface area contributed by atoms with Crippen molar-refractivity contribution < 1.29 is 0 Å². The third-order valence-electron chi connectivity index (χ3n) is 6.30. The summed E-state index contributed by atoms with van der Waals surface area (Å²) in [4.78, 5) is 0. The van der Waals surface area contributed by atoms with Gasteiger partial charge < -0.3 is 5.73 Å². The van der Waals surface area contributed by atoms with E-state index in [1.54, 1.807) is 0 Å². The van der Waals surface area contributed by atoms with Gasteiger partial charge in [0.1, 0.15) is 0 Å². The lowest BCUT2D eigenvalue weighted by molar-refractivity contribution is 0.241. The molecule has 1 atom stereocenters. The van der Waals surface area contributed by atoms with E-state index in [9.17, 15) is 0 Å². The first-order chi connectivity index (χ1) is 14.7. The fourth-order valence-electron chi connectivity index (χ4n) is 4.61. The molecule has 0 heterocycles. The van der Waals surface area contributed by atoms with Gasteiger partial charge in [-0.1, -0.05) is 124 Å². The van der Waals surface area contributed by atoms with Crippen LogP contribution in [0.15, 0.2) is 91.0 Å². The van der Waals surface area contributed by atoms with Crippen molar-refractivity contribution in [3.05, 3.63) is 108 Å². The van der Waals surface area contributed by atoms with E-state index in [0.717, 1.165) is 19.3 Å². The number of halogens is 1. The molecule has 0 saturated heterocycles. The number of benzene rings is 3. The number of hydrogen-bond donors (Lipinski definition) is 1. The van der Waals surface area contributed by atoms with Crippen LogP contribution in [0, 0.1) is 5.92 Å². The van der Waals surface area contributed by atoms with Gasteiger partial charge in [0, 0.05) is 5.54 Å². The standard InChI is InChI=1S/C29H37N.ClH/c1-2-3-4-14-21-28(22-25-15-8-5-9-16-25)29(30,23-26-17-10-6-11-18-26)24-27-19-12-7-13-20-27;/h5-13,15-20,28H,2-4,14,21-24,30H2,1H3;1H. The van der Waals surface area contributed by atoms with Crippen LogP contribution >= 0.6 is 12.4 Å². The van der Waals surface area contributed by atoms with E-state index in [0.29, 0.717) is 5.92 Å². The Hall–Kier alpha value is -2.09. The summed E-state index contributed by atoms with van der Waals surface area (Å²) < 4.78 is 0. The van der Waals surface area contributed by atoms with Crippen LogP contribution in [-0.2, 0) is 19.3 Å². The van der Waals surface area contributed by atoms with Gasteiger partial charge in [-0.15, -0.1) is 12.4 Å². The molecule has 31 heavy (non-hydrogen) atoms. The molecule has 1 unspecified atom stereocenters. The topological polar surface area (TPSA) is 26.0 Å². The van der Waals surface area contributed by atoms with Crippen molar-refractivity contribution in [3.8, 4) is 0 Å². The molecule has 0 saturated carbocycles. The Kier molecular flexibility index (Phi) is 10.8. The van der Waals surface area contributed by atoms with Crippen molar-refractivity contribution in [1.29, 1.82) is 0 Å². The lowest BCUT2D eigenvalue weighted by Crippen LogP contribution is -2.52. The first kappa shape index (κ1) is 25.2. The molecule has 0 fully saturated rings. The molecular weight excluding hydrogens is 398 g/mol. The monoisotopic (exact) mass is 435 g/mol. The predicted molar refractivity (Wildman–Crippen MR) is 137 cm³/mol. The lowest BCUT2D eigenvalue weighted by atomic mass is 9.71. The molecule has 3 rings (SSSR count). The molecule has 3 aromatic carbocycles. The van der Waals surface area contributed by atoms with Gasteiger partial charge in [0.05, 0.1) is 0 Å². The second-order valence-corrected chi connectivity index (χ2v) is 8.79. The Morgan fingerprint density at radius 3 is 1.55 bits per heavy atom. The van der Waals surface area contributed by atoms with E-state index in [4.69, 9.17) is 5.73 Å². The third kappa shape index (κ3) is 8.16. The highest BCUT2D eigenvalue weighted by molar-refractivity contribution is 5.85. The van der Waals surface area contributed by atoms with E-state index in [2.05, 4.69) is 97.9 Å². The van der Waals surface area contributed by atoms with Gasteiger partial charge in [-0.3, -0.25) is 0 Å². The van der Waals surface area contributed by atoms with Gasteiger partial charge in [0.15, 0.2) is 0 Å². The Bertz CT molecular complexity index is 791. The molecule has 0 aliphatic carbocycles. The Morgan fingerprint density at radius 2 is 1.10 bits per heavy atom. The van der Waals surface area contributed by atoms with Crippen LogP contribution < -0.4 is 5.73 Å². The summed E-state index contributed by atoms with van der Waals surface area (Å²) in [5, 5.41) is 0. The first-order valence-electron chi connectivity index (χ1n) is 11.6. The second-order valence-electron chi connectivity index (χ2n) is 8.79. The SMILES string of the molecule is CCCCCCC(Cc1ccccc1)C(N)(Cc1ccccc1)Cc1ccccc1.Cl. The van der Waals surface area contributed by atoms with Crippen LogP contribution in [0.3, 0.4) is 0 Å². The smallest absolute Gasteiger partial charge is 0.0267 e. The van der Waals surface area contributed by atoms with Gasteiger partial charge in [-0.2, -0.15) is 0 Å². The van der Waals surface area contributed by atoms with Crippen LogP contribution in [-0.4, -0.2) is 5.54 Å². The van der Waals surface area contributed by atoms with Crippen LogP contribution in [0.1, 0.15) is 55.7 Å². The fourth-order valence-corrected chi connectivity index (χ4v) is 4.61.